The second-order valence-electron chi connectivity index (χ2n) is 5.69. The van der Waals surface area contributed by atoms with Crippen molar-refractivity contribution in [1.29, 1.82) is 0 Å². The SMILES string of the molecule is CCCCCCCCCCCCSc1c(N)cccc1Cl. The Kier molecular flexibility index (Phi) is 10.9. The predicted molar refractivity (Wildman–Crippen MR) is 98.4 cm³/mol. The van der Waals surface area contributed by atoms with Crippen LogP contribution in [0.3, 0.4) is 0 Å². The van der Waals surface area contributed by atoms with Crippen LogP contribution in [0.4, 0.5) is 5.69 Å². The van der Waals surface area contributed by atoms with Gasteiger partial charge in [0, 0.05) is 10.6 Å². The highest BCUT2D eigenvalue weighted by atomic mass is 35.5. The van der Waals surface area contributed by atoms with Crippen molar-refractivity contribution in [2.45, 2.75) is 76.0 Å². The van der Waals surface area contributed by atoms with Gasteiger partial charge in [-0.15, -0.1) is 11.8 Å². The van der Waals surface area contributed by atoms with Gasteiger partial charge in [0.15, 0.2) is 0 Å². The van der Waals surface area contributed by atoms with Gasteiger partial charge in [0.1, 0.15) is 0 Å². The molecule has 0 amide bonds. The minimum Gasteiger partial charge on any atom is -0.398 e. The molecular weight excluding hydrogens is 298 g/mol. The standard InChI is InChI=1S/C18H30ClNS/c1-2-3-4-5-6-7-8-9-10-11-15-21-18-16(19)13-12-14-17(18)20/h12-14H,2-11,15,20H2,1H3. The number of anilines is 1. The molecule has 1 nitrogen and oxygen atoms in total. The Hall–Kier alpha value is -0.340. The quantitative estimate of drug-likeness (QED) is 0.256. The smallest absolute Gasteiger partial charge is 0.0562 e. The summed E-state index contributed by atoms with van der Waals surface area (Å²) in [6, 6.07) is 5.74. The van der Waals surface area contributed by atoms with Crippen molar-refractivity contribution in [2.24, 2.45) is 0 Å². The van der Waals surface area contributed by atoms with E-state index in [0.717, 1.165) is 21.4 Å². The van der Waals surface area contributed by atoms with Crippen LogP contribution < -0.4 is 5.73 Å². The van der Waals surface area contributed by atoms with E-state index in [1.165, 1.54) is 64.2 Å². The summed E-state index contributed by atoms with van der Waals surface area (Å²) in [6.45, 7) is 2.27. The number of nitrogen functional groups attached to an aromatic ring is 1. The Morgan fingerprint density at radius 3 is 2.05 bits per heavy atom. The number of hydrogen-bond donors (Lipinski definition) is 1. The molecule has 0 bridgehead atoms. The van der Waals surface area contributed by atoms with E-state index in [1.807, 2.05) is 18.2 Å². The van der Waals surface area contributed by atoms with E-state index in [2.05, 4.69) is 6.92 Å². The number of thioether (sulfide) groups is 1. The maximum absolute atomic E-state index is 6.16. The molecule has 1 aromatic rings. The first kappa shape index (κ1) is 18.7. The molecule has 0 radical (unpaired) electrons. The molecule has 0 saturated heterocycles. The summed E-state index contributed by atoms with van der Waals surface area (Å²) in [5, 5.41) is 0.784. The largest absolute Gasteiger partial charge is 0.398 e. The zero-order valence-electron chi connectivity index (χ0n) is 13.4. The second kappa shape index (κ2) is 12.2. The Morgan fingerprint density at radius 1 is 0.905 bits per heavy atom. The van der Waals surface area contributed by atoms with E-state index in [9.17, 15) is 0 Å². The maximum atomic E-state index is 6.16. The van der Waals surface area contributed by atoms with Crippen molar-refractivity contribution < 1.29 is 0 Å². The van der Waals surface area contributed by atoms with Crippen molar-refractivity contribution in [2.75, 3.05) is 11.5 Å². The number of halogens is 1. The van der Waals surface area contributed by atoms with Gasteiger partial charge in [-0.1, -0.05) is 82.4 Å². The lowest BCUT2D eigenvalue weighted by Gasteiger charge is -2.07. The Morgan fingerprint density at radius 2 is 1.48 bits per heavy atom. The molecule has 0 fully saturated rings. The first-order valence-electron chi connectivity index (χ1n) is 8.42. The fraction of sp³-hybridized carbons (Fsp3) is 0.667. The number of benzene rings is 1. The highest BCUT2D eigenvalue weighted by molar-refractivity contribution is 7.99. The summed E-state index contributed by atoms with van der Waals surface area (Å²) in [7, 11) is 0. The molecule has 0 aliphatic rings. The first-order chi connectivity index (χ1) is 10.3. The highest BCUT2D eigenvalue weighted by Crippen LogP contribution is 2.32. The van der Waals surface area contributed by atoms with Gasteiger partial charge in [-0.05, 0) is 24.3 Å². The van der Waals surface area contributed by atoms with Gasteiger partial charge in [-0.2, -0.15) is 0 Å². The fourth-order valence-electron chi connectivity index (χ4n) is 2.44. The van der Waals surface area contributed by atoms with E-state index in [0.29, 0.717) is 0 Å². The number of rotatable bonds is 12. The van der Waals surface area contributed by atoms with Gasteiger partial charge in [0.25, 0.3) is 0 Å². The molecule has 1 aromatic carbocycles. The summed E-state index contributed by atoms with van der Waals surface area (Å²) in [5.41, 5.74) is 6.75. The van der Waals surface area contributed by atoms with Crippen LogP contribution >= 0.6 is 23.4 Å². The second-order valence-corrected chi connectivity index (χ2v) is 7.20. The number of unbranched alkanes of at least 4 members (excludes halogenated alkanes) is 9. The third kappa shape index (κ3) is 8.63. The van der Waals surface area contributed by atoms with Crippen molar-refractivity contribution in [3.8, 4) is 0 Å². The molecule has 120 valence electrons. The zero-order valence-corrected chi connectivity index (χ0v) is 14.9. The van der Waals surface area contributed by atoms with Crippen molar-refractivity contribution in [3.63, 3.8) is 0 Å². The van der Waals surface area contributed by atoms with Crippen molar-refractivity contribution >= 4 is 29.1 Å². The fourth-order valence-corrected chi connectivity index (χ4v) is 3.78. The minimum atomic E-state index is 0.784. The van der Waals surface area contributed by atoms with Crippen LogP contribution in [0.15, 0.2) is 23.1 Å². The van der Waals surface area contributed by atoms with Gasteiger partial charge in [0.2, 0.25) is 0 Å². The molecule has 0 saturated carbocycles. The van der Waals surface area contributed by atoms with E-state index in [1.54, 1.807) is 11.8 Å². The van der Waals surface area contributed by atoms with Crippen LogP contribution in [-0.2, 0) is 0 Å². The molecule has 2 N–H and O–H groups in total. The first-order valence-corrected chi connectivity index (χ1v) is 9.79. The van der Waals surface area contributed by atoms with Crippen molar-refractivity contribution in [3.05, 3.63) is 23.2 Å². The van der Waals surface area contributed by atoms with Crippen molar-refractivity contribution in [1.82, 2.24) is 0 Å². The Balaban J connectivity index is 1.95. The average Bonchev–Trinajstić information content (AvgIpc) is 2.47. The molecule has 0 atom stereocenters. The number of hydrogen-bond acceptors (Lipinski definition) is 2. The molecule has 1 rings (SSSR count). The predicted octanol–water partition coefficient (Wildman–Crippen LogP) is 6.94. The Bertz CT molecular complexity index is 361. The van der Waals surface area contributed by atoms with E-state index in [-0.39, 0.29) is 0 Å². The van der Waals surface area contributed by atoms with Crippen LogP contribution in [-0.4, -0.2) is 5.75 Å². The molecule has 0 aromatic heterocycles. The molecule has 0 aliphatic carbocycles. The van der Waals surface area contributed by atoms with Crippen LogP contribution in [0.25, 0.3) is 0 Å². The summed E-state index contributed by atoms with van der Waals surface area (Å²) in [5.74, 6) is 1.12. The summed E-state index contributed by atoms with van der Waals surface area (Å²) >= 11 is 7.96. The molecular formula is C18H30ClNS. The van der Waals surface area contributed by atoms with E-state index in [4.69, 9.17) is 17.3 Å². The molecule has 0 aliphatic heterocycles. The summed E-state index contributed by atoms with van der Waals surface area (Å²) in [6.07, 6.45) is 13.8. The molecule has 0 spiro atoms. The molecule has 0 unspecified atom stereocenters. The van der Waals surface area contributed by atoms with E-state index >= 15 is 0 Å². The monoisotopic (exact) mass is 327 g/mol. The van der Waals surface area contributed by atoms with Crippen LogP contribution in [0.2, 0.25) is 5.02 Å². The average molecular weight is 328 g/mol. The van der Waals surface area contributed by atoms with Gasteiger partial charge in [0.05, 0.1) is 5.02 Å². The molecule has 3 heteroatoms. The maximum Gasteiger partial charge on any atom is 0.0562 e. The third-order valence-corrected chi connectivity index (χ3v) is 5.41. The highest BCUT2D eigenvalue weighted by Gasteiger charge is 2.04. The summed E-state index contributed by atoms with van der Waals surface area (Å²) in [4.78, 5) is 1.05. The van der Waals surface area contributed by atoms with Crippen LogP contribution in [0.5, 0.6) is 0 Å². The number of nitrogens with two attached hydrogens (primary N) is 1. The zero-order chi connectivity index (χ0) is 15.3. The lowest BCUT2D eigenvalue weighted by Crippen LogP contribution is -1.90. The lowest BCUT2D eigenvalue weighted by atomic mass is 10.1. The molecule has 21 heavy (non-hydrogen) atoms. The van der Waals surface area contributed by atoms with Crippen LogP contribution in [0, 0.1) is 0 Å². The van der Waals surface area contributed by atoms with Gasteiger partial charge >= 0.3 is 0 Å². The van der Waals surface area contributed by atoms with Gasteiger partial charge in [-0.25, -0.2) is 0 Å². The van der Waals surface area contributed by atoms with Crippen LogP contribution in [0.1, 0.15) is 71.1 Å². The normalized spacial score (nSPS) is 11.0. The summed E-state index contributed by atoms with van der Waals surface area (Å²) < 4.78 is 0. The lowest BCUT2D eigenvalue weighted by molar-refractivity contribution is 0.563. The van der Waals surface area contributed by atoms with Gasteiger partial charge < -0.3 is 5.73 Å². The van der Waals surface area contributed by atoms with E-state index < -0.39 is 0 Å². The Labute approximate surface area is 140 Å². The van der Waals surface area contributed by atoms with Gasteiger partial charge in [-0.3, -0.25) is 0 Å². The third-order valence-electron chi connectivity index (χ3n) is 3.74. The topological polar surface area (TPSA) is 26.0 Å². The minimum absolute atomic E-state index is 0.784. The molecule has 0 heterocycles.